The molecule has 0 unspecified atom stereocenters. The molecule has 0 saturated carbocycles. The average molecular weight is 433 g/mol. The van der Waals surface area contributed by atoms with Crippen molar-refractivity contribution in [3.63, 3.8) is 0 Å². The zero-order valence-corrected chi connectivity index (χ0v) is 19.8. The number of aromatic amines is 1. The molecule has 2 N–H and O–H groups in total. The molecule has 2 aromatic rings. The first-order chi connectivity index (χ1) is 14.4. The zero-order valence-electron chi connectivity index (χ0n) is 19.0. The number of nitrogens with zero attached hydrogens (tertiary/aromatic N) is 2. The molecule has 1 aromatic heterocycles. The van der Waals surface area contributed by atoms with Gasteiger partial charge < -0.3 is 24.8 Å². The SMILES string of the molecule is CCN(CC)CCN(Cc1cc2c(C)cc(C)cc2[nH]c1=O)C(=S)NCCCOC. The van der Waals surface area contributed by atoms with Gasteiger partial charge in [-0.05, 0) is 68.8 Å². The van der Waals surface area contributed by atoms with Gasteiger partial charge in [0.2, 0.25) is 0 Å². The number of pyridine rings is 1. The highest BCUT2D eigenvalue weighted by Crippen LogP contribution is 2.19. The minimum Gasteiger partial charge on any atom is -0.385 e. The molecule has 0 radical (unpaired) electrons. The van der Waals surface area contributed by atoms with Crippen molar-refractivity contribution < 1.29 is 4.74 Å². The van der Waals surface area contributed by atoms with Crippen LogP contribution >= 0.6 is 12.2 Å². The van der Waals surface area contributed by atoms with Crippen molar-refractivity contribution in [3.8, 4) is 0 Å². The number of aromatic nitrogens is 1. The molecule has 0 aliphatic heterocycles. The van der Waals surface area contributed by atoms with Gasteiger partial charge in [-0.25, -0.2) is 0 Å². The Hall–Kier alpha value is -1.96. The van der Waals surface area contributed by atoms with Crippen LogP contribution in [0.25, 0.3) is 10.9 Å². The topological polar surface area (TPSA) is 60.6 Å². The van der Waals surface area contributed by atoms with Crippen molar-refractivity contribution >= 4 is 28.2 Å². The number of hydrogen-bond acceptors (Lipinski definition) is 4. The van der Waals surface area contributed by atoms with Crippen LogP contribution in [0.4, 0.5) is 0 Å². The maximum Gasteiger partial charge on any atom is 0.253 e. The molecule has 1 heterocycles. The first-order valence-corrected chi connectivity index (χ1v) is 11.2. The van der Waals surface area contributed by atoms with E-state index in [4.69, 9.17) is 17.0 Å². The van der Waals surface area contributed by atoms with E-state index in [1.54, 1.807) is 7.11 Å². The molecule has 0 spiro atoms. The van der Waals surface area contributed by atoms with Gasteiger partial charge in [-0.2, -0.15) is 0 Å². The van der Waals surface area contributed by atoms with Gasteiger partial charge >= 0.3 is 0 Å². The fraction of sp³-hybridized carbons (Fsp3) is 0.565. The van der Waals surface area contributed by atoms with E-state index in [0.717, 1.165) is 66.7 Å². The van der Waals surface area contributed by atoms with Crippen LogP contribution in [-0.4, -0.2) is 66.3 Å². The summed E-state index contributed by atoms with van der Waals surface area (Å²) in [5.74, 6) is 0. The molecule has 0 fully saturated rings. The summed E-state index contributed by atoms with van der Waals surface area (Å²) >= 11 is 5.67. The van der Waals surface area contributed by atoms with Crippen molar-refractivity contribution in [1.82, 2.24) is 20.1 Å². The van der Waals surface area contributed by atoms with Gasteiger partial charge in [0.15, 0.2) is 5.11 Å². The van der Waals surface area contributed by atoms with Gasteiger partial charge in [-0.3, -0.25) is 4.79 Å². The summed E-state index contributed by atoms with van der Waals surface area (Å²) in [7, 11) is 1.70. The van der Waals surface area contributed by atoms with E-state index in [0.29, 0.717) is 18.3 Å². The Morgan fingerprint density at radius 1 is 1.17 bits per heavy atom. The summed E-state index contributed by atoms with van der Waals surface area (Å²) in [6, 6.07) is 6.18. The second-order valence-corrected chi connectivity index (χ2v) is 8.08. The number of benzene rings is 1. The summed E-state index contributed by atoms with van der Waals surface area (Å²) < 4.78 is 5.12. The van der Waals surface area contributed by atoms with Gasteiger partial charge in [0.25, 0.3) is 5.56 Å². The van der Waals surface area contributed by atoms with E-state index in [1.807, 2.05) is 19.1 Å². The van der Waals surface area contributed by atoms with Gasteiger partial charge in [0, 0.05) is 49.8 Å². The maximum absolute atomic E-state index is 12.8. The molecule has 0 aliphatic carbocycles. The number of aryl methyl sites for hydroxylation is 2. The quantitative estimate of drug-likeness (QED) is 0.420. The third-order valence-electron chi connectivity index (χ3n) is 5.42. The van der Waals surface area contributed by atoms with Crippen LogP contribution in [-0.2, 0) is 11.3 Å². The number of fused-ring (bicyclic) bond motifs is 1. The van der Waals surface area contributed by atoms with Crippen molar-refractivity contribution in [2.75, 3.05) is 46.4 Å². The highest BCUT2D eigenvalue weighted by molar-refractivity contribution is 7.80. The minimum atomic E-state index is -0.0532. The fourth-order valence-electron chi connectivity index (χ4n) is 3.62. The Balaban J connectivity index is 2.23. The van der Waals surface area contributed by atoms with Crippen LogP contribution in [0.1, 0.15) is 37.0 Å². The molecule has 2 rings (SSSR count). The number of H-pyrrole nitrogens is 1. The molecule has 0 aliphatic rings. The summed E-state index contributed by atoms with van der Waals surface area (Å²) in [5, 5.41) is 5.08. The Morgan fingerprint density at radius 3 is 2.57 bits per heavy atom. The molecule has 0 amide bonds. The van der Waals surface area contributed by atoms with Crippen LogP contribution < -0.4 is 10.9 Å². The zero-order chi connectivity index (χ0) is 22.1. The average Bonchev–Trinajstić information content (AvgIpc) is 2.71. The second kappa shape index (κ2) is 12.0. The van der Waals surface area contributed by atoms with Gasteiger partial charge in [-0.15, -0.1) is 0 Å². The fourth-order valence-corrected chi connectivity index (χ4v) is 3.88. The summed E-state index contributed by atoms with van der Waals surface area (Å²) in [5.41, 5.74) is 3.87. The Labute approximate surface area is 185 Å². The largest absolute Gasteiger partial charge is 0.385 e. The molecule has 7 heteroatoms. The lowest BCUT2D eigenvalue weighted by atomic mass is 10.0. The van der Waals surface area contributed by atoms with E-state index in [9.17, 15) is 4.79 Å². The second-order valence-electron chi connectivity index (χ2n) is 7.69. The predicted octanol–water partition coefficient (Wildman–Crippen LogP) is 3.20. The molecule has 0 bridgehead atoms. The number of ether oxygens (including phenoxy) is 1. The maximum atomic E-state index is 12.8. The lowest BCUT2D eigenvalue weighted by Gasteiger charge is -2.29. The molecule has 30 heavy (non-hydrogen) atoms. The molecule has 6 nitrogen and oxygen atoms in total. The lowest BCUT2D eigenvalue weighted by Crippen LogP contribution is -2.44. The smallest absolute Gasteiger partial charge is 0.253 e. The van der Waals surface area contributed by atoms with Crippen molar-refractivity contribution in [1.29, 1.82) is 0 Å². The monoisotopic (exact) mass is 432 g/mol. The van der Waals surface area contributed by atoms with E-state index >= 15 is 0 Å². The molecule has 166 valence electrons. The van der Waals surface area contributed by atoms with Gasteiger partial charge in [0.1, 0.15) is 0 Å². The minimum absolute atomic E-state index is 0.0532. The molecule has 1 aromatic carbocycles. The Bertz CT molecular complexity index is 893. The van der Waals surface area contributed by atoms with Crippen molar-refractivity contribution in [3.05, 3.63) is 45.2 Å². The van der Waals surface area contributed by atoms with Crippen LogP contribution in [0.2, 0.25) is 0 Å². The molecular weight excluding hydrogens is 396 g/mol. The van der Waals surface area contributed by atoms with Crippen LogP contribution in [0.3, 0.4) is 0 Å². The van der Waals surface area contributed by atoms with Crippen LogP contribution in [0.15, 0.2) is 23.0 Å². The number of hydrogen-bond donors (Lipinski definition) is 2. The normalized spacial score (nSPS) is 11.3. The van der Waals surface area contributed by atoms with Crippen molar-refractivity contribution in [2.24, 2.45) is 0 Å². The van der Waals surface area contributed by atoms with Gasteiger partial charge in [-0.1, -0.05) is 19.9 Å². The van der Waals surface area contributed by atoms with E-state index in [2.05, 4.69) is 46.9 Å². The lowest BCUT2D eigenvalue weighted by molar-refractivity contribution is 0.195. The Morgan fingerprint density at radius 2 is 1.90 bits per heavy atom. The molecular formula is C23H36N4O2S. The van der Waals surface area contributed by atoms with E-state index < -0.39 is 0 Å². The Kier molecular flexibility index (Phi) is 9.75. The number of likely N-dealkylation sites (N-methyl/N-ethyl adjacent to an activating group) is 1. The standard InChI is InChI=1S/C23H36N4O2S/c1-6-26(7-2)10-11-27(23(30)24-9-8-12-29-5)16-19-15-20-18(4)13-17(3)14-21(20)25-22(19)28/h13-15H,6-12,16H2,1-5H3,(H,24,30)(H,25,28). The van der Waals surface area contributed by atoms with Crippen LogP contribution in [0, 0.1) is 13.8 Å². The van der Waals surface area contributed by atoms with E-state index in [1.165, 1.54) is 0 Å². The first-order valence-electron chi connectivity index (χ1n) is 10.8. The van der Waals surface area contributed by atoms with E-state index in [-0.39, 0.29) is 5.56 Å². The summed E-state index contributed by atoms with van der Waals surface area (Å²) in [6.07, 6.45) is 0.885. The number of thiocarbonyl (C=S) groups is 1. The molecule has 0 saturated heterocycles. The number of nitrogens with one attached hydrogen (secondary N) is 2. The first kappa shape index (κ1) is 24.3. The summed E-state index contributed by atoms with van der Waals surface area (Å²) in [6.45, 7) is 14.0. The predicted molar refractivity (Wildman–Crippen MR) is 129 cm³/mol. The van der Waals surface area contributed by atoms with Crippen molar-refractivity contribution in [2.45, 2.75) is 40.7 Å². The molecule has 0 atom stereocenters. The number of methoxy groups -OCH3 is 1. The summed E-state index contributed by atoms with van der Waals surface area (Å²) in [4.78, 5) is 20.3. The third-order valence-corrected chi connectivity index (χ3v) is 5.82. The van der Waals surface area contributed by atoms with Crippen LogP contribution in [0.5, 0.6) is 0 Å². The third kappa shape index (κ3) is 6.79. The van der Waals surface area contributed by atoms with Gasteiger partial charge in [0.05, 0.1) is 6.54 Å². The highest BCUT2D eigenvalue weighted by Gasteiger charge is 2.15. The highest BCUT2D eigenvalue weighted by atomic mass is 32.1. The number of rotatable bonds is 11.